The Hall–Kier alpha value is -1.09. The number of aryl methyl sites for hydroxylation is 2. The molecule has 2 nitrogen and oxygen atoms in total. The molecule has 0 amide bonds. The first-order valence-electron chi connectivity index (χ1n) is 8.32. The Morgan fingerprint density at radius 2 is 1.77 bits per heavy atom. The SMILES string of the molecule is Cc1cc(C)cc(NC(=S)N2CC3(C)CC2CC(C)(C)C3)c1. The Kier molecular flexibility index (Phi) is 3.75. The first-order chi connectivity index (χ1) is 10.2. The second kappa shape index (κ2) is 5.23. The summed E-state index contributed by atoms with van der Waals surface area (Å²) in [5, 5.41) is 4.38. The van der Waals surface area contributed by atoms with Crippen molar-refractivity contribution in [2.24, 2.45) is 10.8 Å². The van der Waals surface area contributed by atoms with E-state index in [1.54, 1.807) is 0 Å². The number of hydrogen-bond donors (Lipinski definition) is 1. The van der Waals surface area contributed by atoms with E-state index in [0.717, 1.165) is 17.3 Å². The molecule has 2 fully saturated rings. The maximum atomic E-state index is 5.75. The van der Waals surface area contributed by atoms with Crippen LogP contribution in [0, 0.1) is 24.7 Å². The maximum Gasteiger partial charge on any atom is 0.173 e. The second-order valence-corrected chi connectivity index (χ2v) is 9.03. The molecule has 2 bridgehead atoms. The van der Waals surface area contributed by atoms with E-state index in [0.29, 0.717) is 16.9 Å². The summed E-state index contributed by atoms with van der Waals surface area (Å²) in [7, 11) is 0. The smallest absolute Gasteiger partial charge is 0.173 e. The normalized spacial score (nSPS) is 29.5. The van der Waals surface area contributed by atoms with Crippen LogP contribution < -0.4 is 5.32 Å². The van der Waals surface area contributed by atoms with Gasteiger partial charge in [0.1, 0.15) is 0 Å². The lowest BCUT2D eigenvalue weighted by atomic mass is 9.65. The highest BCUT2D eigenvalue weighted by Crippen LogP contribution is 2.52. The summed E-state index contributed by atoms with van der Waals surface area (Å²) in [4.78, 5) is 2.45. The van der Waals surface area contributed by atoms with Gasteiger partial charge >= 0.3 is 0 Å². The van der Waals surface area contributed by atoms with E-state index in [9.17, 15) is 0 Å². The lowest BCUT2D eigenvalue weighted by molar-refractivity contribution is 0.132. The summed E-state index contributed by atoms with van der Waals surface area (Å²) in [5.74, 6) is 0. The lowest BCUT2D eigenvalue weighted by Crippen LogP contribution is -2.40. The van der Waals surface area contributed by atoms with E-state index in [1.807, 2.05) is 0 Å². The summed E-state index contributed by atoms with van der Waals surface area (Å²) in [6.45, 7) is 12.6. The zero-order valence-corrected chi connectivity index (χ0v) is 15.3. The second-order valence-electron chi connectivity index (χ2n) is 8.65. The molecule has 1 N–H and O–H groups in total. The van der Waals surface area contributed by atoms with Gasteiger partial charge < -0.3 is 10.2 Å². The van der Waals surface area contributed by atoms with Crippen LogP contribution in [-0.2, 0) is 0 Å². The van der Waals surface area contributed by atoms with Crippen molar-refractivity contribution in [3.63, 3.8) is 0 Å². The third-order valence-corrected chi connectivity index (χ3v) is 5.49. The summed E-state index contributed by atoms with van der Waals surface area (Å²) < 4.78 is 0. The predicted octanol–water partition coefficient (Wildman–Crippen LogP) is 4.90. The molecule has 1 heterocycles. The number of likely N-dealkylation sites (tertiary alicyclic amines) is 1. The molecule has 2 aliphatic rings. The van der Waals surface area contributed by atoms with Crippen molar-refractivity contribution in [3.05, 3.63) is 29.3 Å². The van der Waals surface area contributed by atoms with Crippen molar-refractivity contribution in [2.45, 2.75) is 59.9 Å². The Bertz CT molecular complexity index is 587. The van der Waals surface area contributed by atoms with Crippen LogP contribution in [0.25, 0.3) is 0 Å². The quantitative estimate of drug-likeness (QED) is 0.742. The van der Waals surface area contributed by atoms with E-state index in [1.165, 1.54) is 30.4 Å². The van der Waals surface area contributed by atoms with Crippen LogP contribution in [0.4, 0.5) is 5.69 Å². The summed E-state index contributed by atoms with van der Waals surface area (Å²) >= 11 is 5.75. The molecule has 0 spiro atoms. The summed E-state index contributed by atoms with van der Waals surface area (Å²) in [6.07, 6.45) is 3.83. The minimum atomic E-state index is 0.417. The third kappa shape index (κ3) is 3.15. The van der Waals surface area contributed by atoms with Crippen LogP contribution in [0.1, 0.15) is 51.2 Å². The van der Waals surface area contributed by atoms with Gasteiger partial charge in [-0.15, -0.1) is 0 Å². The highest BCUT2D eigenvalue weighted by Gasteiger charge is 2.50. The molecule has 3 rings (SSSR count). The molecule has 1 saturated heterocycles. The van der Waals surface area contributed by atoms with Crippen molar-refractivity contribution < 1.29 is 0 Å². The molecule has 0 aromatic heterocycles. The third-order valence-electron chi connectivity index (χ3n) is 5.15. The molecule has 0 radical (unpaired) electrons. The monoisotopic (exact) mass is 316 g/mol. The van der Waals surface area contributed by atoms with Crippen LogP contribution in [0.2, 0.25) is 0 Å². The van der Waals surface area contributed by atoms with Crippen LogP contribution in [-0.4, -0.2) is 22.6 Å². The van der Waals surface area contributed by atoms with Crippen LogP contribution in [0.15, 0.2) is 18.2 Å². The van der Waals surface area contributed by atoms with Gasteiger partial charge in [0, 0.05) is 18.3 Å². The van der Waals surface area contributed by atoms with E-state index >= 15 is 0 Å². The number of nitrogens with zero attached hydrogens (tertiary/aromatic N) is 1. The predicted molar refractivity (Wildman–Crippen MR) is 98.4 cm³/mol. The number of fused-ring (bicyclic) bond motifs is 2. The largest absolute Gasteiger partial charge is 0.345 e. The average Bonchev–Trinajstić information content (AvgIpc) is 2.57. The van der Waals surface area contributed by atoms with Crippen molar-refractivity contribution in [3.8, 4) is 0 Å². The highest BCUT2D eigenvalue weighted by molar-refractivity contribution is 7.80. The number of thiocarbonyl (C=S) groups is 1. The molecular weight excluding hydrogens is 288 g/mol. The Morgan fingerprint density at radius 3 is 2.41 bits per heavy atom. The fourth-order valence-corrected chi connectivity index (χ4v) is 5.27. The molecule has 1 aromatic rings. The van der Waals surface area contributed by atoms with Crippen molar-refractivity contribution in [1.29, 1.82) is 0 Å². The Morgan fingerprint density at radius 1 is 1.14 bits per heavy atom. The lowest BCUT2D eigenvalue weighted by Gasteiger charge is -2.39. The number of nitrogens with one attached hydrogen (secondary N) is 1. The summed E-state index contributed by atoms with van der Waals surface area (Å²) in [6, 6.07) is 7.14. The molecule has 22 heavy (non-hydrogen) atoms. The first-order valence-corrected chi connectivity index (χ1v) is 8.73. The number of hydrogen-bond acceptors (Lipinski definition) is 1. The van der Waals surface area contributed by atoms with Gasteiger partial charge in [0.25, 0.3) is 0 Å². The topological polar surface area (TPSA) is 15.3 Å². The van der Waals surface area contributed by atoms with Gasteiger partial charge in [0.15, 0.2) is 5.11 Å². The number of benzene rings is 1. The van der Waals surface area contributed by atoms with Crippen molar-refractivity contribution in [2.75, 3.05) is 11.9 Å². The molecule has 1 aliphatic carbocycles. The first kappa shape index (κ1) is 15.8. The molecule has 1 aromatic carbocycles. The number of anilines is 1. The Labute approximate surface area is 140 Å². The van der Waals surface area contributed by atoms with Gasteiger partial charge in [-0.05, 0) is 79.4 Å². The van der Waals surface area contributed by atoms with Crippen LogP contribution in [0.3, 0.4) is 0 Å². The van der Waals surface area contributed by atoms with E-state index < -0.39 is 0 Å². The minimum absolute atomic E-state index is 0.417. The van der Waals surface area contributed by atoms with Gasteiger partial charge in [0.05, 0.1) is 0 Å². The van der Waals surface area contributed by atoms with E-state index in [4.69, 9.17) is 12.2 Å². The fourth-order valence-electron chi connectivity index (χ4n) is 4.94. The van der Waals surface area contributed by atoms with Gasteiger partial charge in [-0.25, -0.2) is 0 Å². The van der Waals surface area contributed by atoms with Crippen molar-refractivity contribution in [1.82, 2.24) is 4.90 Å². The maximum absolute atomic E-state index is 5.75. The molecule has 3 heteroatoms. The van der Waals surface area contributed by atoms with Crippen molar-refractivity contribution >= 4 is 23.0 Å². The van der Waals surface area contributed by atoms with Crippen LogP contribution in [0.5, 0.6) is 0 Å². The minimum Gasteiger partial charge on any atom is -0.345 e. The fraction of sp³-hybridized carbons (Fsp3) is 0.632. The van der Waals surface area contributed by atoms with Gasteiger partial charge in [-0.3, -0.25) is 0 Å². The van der Waals surface area contributed by atoms with E-state index in [-0.39, 0.29) is 0 Å². The average molecular weight is 317 g/mol. The Balaban J connectivity index is 1.76. The molecular formula is C19H28N2S. The molecule has 2 atom stereocenters. The standard InChI is InChI=1S/C19H28N2S/c1-13-6-14(2)8-15(7-13)20-17(22)21-12-19(5)10-16(21)9-18(3,4)11-19/h6-8,16H,9-12H2,1-5H3,(H,20,22). The molecule has 1 aliphatic heterocycles. The zero-order chi connectivity index (χ0) is 16.1. The number of rotatable bonds is 1. The highest BCUT2D eigenvalue weighted by atomic mass is 32.1. The van der Waals surface area contributed by atoms with Gasteiger partial charge in [0.2, 0.25) is 0 Å². The van der Waals surface area contributed by atoms with Crippen LogP contribution >= 0.6 is 12.2 Å². The van der Waals surface area contributed by atoms with Gasteiger partial charge in [-0.2, -0.15) is 0 Å². The molecule has 1 saturated carbocycles. The summed E-state index contributed by atoms with van der Waals surface area (Å²) in [5.41, 5.74) is 4.52. The van der Waals surface area contributed by atoms with Gasteiger partial charge in [-0.1, -0.05) is 26.8 Å². The zero-order valence-electron chi connectivity index (χ0n) is 14.5. The van der Waals surface area contributed by atoms with E-state index in [2.05, 4.69) is 63.0 Å². The molecule has 2 unspecified atom stereocenters. The molecule has 120 valence electrons.